The molecule has 6 nitrogen and oxygen atoms in total. The molecule has 3 rings (SSSR count). The monoisotopic (exact) mass is 315 g/mol. The second-order valence-electron chi connectivity index (χ2n) is 6.98. The number of nitrogens with one attached hydrogen (secondary N) is 2. The number of carbonyl (C=O) groups excluding carboxylic acids is 1. The van der Waals surface area contributed by atoms with Gasteiger partial charge in [0.1, 0.15) is 5.56 Å². The second-order valence-corrected chi connectivity index (χ2v) is 6.98. The molecule has 1 amide bonds. The molecule has 23 heavy (non-hydrogen) atoms. The van der Waals surface area contributed by atoms with Crippen molar-refractivity contribution in [2.75, 3.05) is 19.6 Å². The molecule has 0 radical (unpaired) electrons. The molecular formula is C17H25N5O. The molecule has 124 valence electrons. The van der Waals surface area contributed by atoms with Gasteiger partial charge in [-0.25, -0.2) is 9.50 Å². The van der Waals surface area contributed by atoms with Gasteiger partial charge in [0.2, 0.25) is 0 Å². The van der Waals surface area contributed by atoms with E-state index in [0.29, 0.717) is 17.8 Å². The predicted molar refractivity (Wildman–Crippen MR) is 89.7 cm³/mol. The summed E-state index contributed by atoms with van der Waals surface area (Å²) in [6.45, 7) is 10.7. The minimum absolute atomic E-state index is 0.0743. The highest BCUT2D eigenvalue weighted by molar-refractivity contribution is 6.01. The average Bonchev–Trinajstić information content (AvgIpc) is 2.82. The van der Waals surface area contributed by atoms with Crippen LogP contribution < -0.4 is 10.6 Å². The van der Waals surface area contributed by atoms with Crippen LogP contribution in [0.1, 0.15) is 47.2 Å². The van der Waals surface area contributed by atoms with Gasteiger partial charge in [-0.1, -0.05) is 6.92 Å². The van der Waals surface area contributed by atoms with E-state index >= 15 is 0 Å². The number of amides is 1. The van der Waals surface area contributed by atoms with Crippen LogP contribution in [0.3, 0.4) is 0 Å². The molecule has 0 saturated carbocycles. The Morgan fingerprint density at radius 2 is 2.04 bits per heavy atom. The molecule has 1 aliphatic heterocycles. The van der Waals surface area contributed by atoms with Crippen molar-refractivity contribution in [1.29, 1.82) is 0 Å². The smallest absolute Gasteiger partial charge is 0.257 e. The molecule has 2 aromatic rings. The van der Waals surface area contributed by atoms with Crippen molar-refractivity contribution in [2.45, 2.75) is 40.5 Å². The van der Waals surface area contributed by atoms with E-state index in [1.807, 2.05) is 26.8 Å². The standard InChI is InChI=1S/C17H25N5O/c1-11-9-12(2)22-15(20-11)14(13(3)21-22)16(23)19-10-17(4)5-7-18-8-6-17/h9,18H,5-8,10H2,1-4H3,(H,19,23). The van der Waals surface area contributed by atoms with Crippen molar-refractivity contribution in [3.05, 3.63) is 28.7 Å². The summed E-state index contributed by atoms with van der Waals surface area (Å²) < 4.78 is 1.75. The number of carbonyl (C=O) groups is 1. The van der Waals surface area contributed by atoms with Crippen LogP contribution in [-0.4, -0.2) is 40.1 Å². The maximum absolute atomic E-state index is 12.7. The molecule has 2 aromatic heterocycles. The molecule has 0 spiro atoms. The molecule has 3 heterocycles. The highest BCUT2D eigenvalue weighted by Gasteiger charge is 2.28. The topological polar surface area (TPSA) is 71.3 Å². The first-order valence-corrected chi connectivity index (χ1v) is 8.22. The maximum atomic E-state index is 12.7. The molecule has 0 bridgehead atoms. The third-order valence-corrected chi connectivity index (χ3v) is 4.78. The van der Waals surface area contributed by atoms with Crippen LogP contribution >= 0.6 is 0 Å². The Balaban J connectivity index is 1.85. The van der Waals surface area contributed by atoms with Crippen molar-refractivity contribution in [3.63, 3.8) is 0 Å². The van der Waals surface area contributed by atoms with Gasteiger partial charge < -0.3 is 10.6 Å². The minimum Gasteiger partial charge on any atom is -0.351 e. The van der Waals surface area contributed by atoms with Crippen molar-refractivity contribution in [3.8, 4) is 0 Å². The summed E-state index contributed by atoms with van der Waals surface area (Å²) in [6.07, 6.45) is 2.16. The number of aromatic nitrogens is 3. The summed E-state index contributed by atoms with van der Waals surface area (Å²) in [6, 6.07) is 1.97. The normalized spacial score (nSPS) is 17.4. The Hall–Kier alpha value is -1.95. The average molecular weight is 315 g/mol. The van der Waals surface area contributed by atoms with E-state index < -0.39 is 0 Å². The molecule has 1 saturated heterocycles. The molecule has 6 heteroatoms. The van der Waals surface area contributed by atoms with Gasteiger partial charge in [-0.05, 0) is 58.2 Å². The molecule has 1 aliphatic rings. The molecule has 0 atom stereocenters. The Bertz CT molecular complexity index is 743. The van der Waals surface area contributed by atoms with Crippen LogP contribution in [0.4, 0.5) is 0 Å². The Morgan fingerprint density at radius 3 is 2.74 bits per heavy atom. The van der Waals surface area contributed by atoms with E-state index in [1.165, 1.54) is 0 Å². The van der Waals surface area contributed by atoms with Gasteiger partial charge in [0, 0.05) is 17.9 Å². The van der Waals surface area contributed by atoms with Crippen LogP contribution in [-0.2, 0) is 0 Å². The maximum Gasteiger partial charge on any atom is 0.257 e. The summed E-state index contributed by atoms with van der Waals surface area (Å²) in [4.78, 5) is 17.2. The van der Waals surface area contributed by atoms with Gasteiger partial charge in [-0.15, -0.1) is 0 Å². The highest BCUT2D eigenvalue weighted by Crippen LogP contribution is 2.27. The van der Waals surface area contributed by atoms with Gasteiger partial charge in [-0.3, -0.25) is 4.79 Å². The Kier molecular flexibility index (Phi) is 4.10. The summed E-state index contributed by atoms with van der Waals surface area (Å²) in [5.41, 5.74) is 4.01. The largest absolute Gasteiger partial charge is 0.351 e. The Morgan fingerprint density at radius 1 is 1.35 bits per heavy atom. The van der Waals surface area contributed by atoms with Gasteiger partial charge in [0.15, 0.2) is 5.65 Å². The van der Waals surface area contributed by atoms with Gasteiger partial charge in [-0.2, -0.15) is 5.10 Å². The highest BCUT2D eigenvalue weighted by atomic mass is 16.1. The molecule has 2 N–H and O–H groups in total. The SMILES string of the molecule is Cc1cc(C)n2nc(C)c(C(=O)NCC3(C)CCNCC3)c2n1. The lowest BCUT2D eigenvalue weighted by Gasteiger charge is -2.34. The zero-order valence-electron chi connectivity index (χ0n) is 14.4. The number of hydrogen-bond acceptors (Lipinski definition) is 4. The molecule has 0 aliphatic carbocycles. The molecular weight excluding hydrogens is 290 g/mol. The number of piperidine rings is 1. The number of hydrogen-bond donors (Lipinski definition) is 2. The van der Waals surface area contributed by atoms with Crippen LogP contribution in [0.2, 0.25) is 0 Å². The summed E-state index contributed by atoms with van der Waals surface area (Å²) in [5, 5.41) is 10.9. The molecule has 0 aromatic carbocycles. The van der Waals surface area contributed by atoms with Crippen molar-refractivity contribution in [1.82, 2.24) is 25.2 Å². The second kappa shape index (κ2) is 5.92. The van der Waals surface area contributed by atoms with Crippen LogP contribution in [0.5, 0.6) is 0 Å². The van der Waals surface area contributed by atoms with Gasteiger partial charge in [0.25, 0.3) is 5.91 Å². The van der Waals surface area contributed by atoms with Crippen LogP contribution in [0, 0.1) is 26.2 Å². The van der Waals surface area contributed by atoms with E-state index in [-0.39, 0.29) is 11.3 Å². The summed E-state index contributed by atoms with van der Waals surface area (Å²) >= 11 is 0. The lowest BCUT2D eigenvalue weighted by molar-refractivity contribution is 0.0923. The van der Waals surface area contributed by atoms with E-state index in [2.05, 4.69) is 27.6 Å². The first-order valence-electron chi connectivity index (χ1n) is 8.22. The van der Waals surface area contributed by atoms with Crippen molar-refractivity contribution < 1.29 is 4.79 Å². The fraction of sp³-hybridized carbons (Fsp3) is 0.588. The van der Waals surface area contributed by atoms with E-state index in [9.17, 15) is 4.79 Å². The van der Waals surface area contributed by atoms with Gasteiger partial charge in [0.05, 0.1) is 5.69 Å². The number of rotatable bonds is 3. The zero-order valence-corrected chi connectivity index (χ0v) is 14.4. The van der Waals surface area contributed by atoms with E-state index in [4.69, 9.17) is 0 Å². The Labute approximate surface area is 136 Å². The number of nitrogens with zero attached hydrogens (tertiary/aromatic N) is 3. The first kappa shape index (κ1) is 15.9. The predicted octanol–water partition coefficient (Wildman–Crippen LogP) is 1.77. The first-order chi connectivity index (χ1) is 10.9. The summed E-state index contributed by atoms with van der Waals surface area (Å²) in [7, 11) is 0. The number of fused-ring (bicyclic) bond motifs is 1. The minimum atomic E-state index is -0.0743. The lowest BCUT2D eigenvalue weighted by atomic mass is 9.81. The van der Waals surface area contributed by atoms with E-state index in [0.717, 1.165) is 43.0 Å². The summed E-state index contributed by atoms with van der Waals surface area (Å²) in [5.74, 6) is -0.0743. The third-order valence-electron chi connectivity index (χ3n) is 4.78. The van der Waals surface area contributed by atoms with Crippen molar-refractivity contribution >= 4 is 11.6 Å². The zero-order chi connectivity index (χ0) is 16.6. The fourth-order valence-corrected chi connectivity index (χ4v) is 3.28. The van der Waals surface area contributed by atoms with Gasteiger partial charge >= 0.3 is 0 Å². The molecule has 1 fully saturated rings. The van der Waals surface area contributed by atoms with Crippen LogP contribution in [0.25, 0.3) is 5.65 Å². The third kappa shape index (κ3) is 3.08. The fourth-order valence-electron chi connectivity index (χ4n) is 3.28. The van der Waals surface area contributed by atoms with E-state index in [1.54, 1.807) is 4.52 Å². The lowest BCUT2D eigenvalue weighted by Crippen LogP contribution is -2.43. The number of aryl methyl sites for hydroxylation is 3. The van der Waals surface area contributed by atoms with Crippen molar-refractivity contribution in [2.24, 2.45) is 5.41 Å². The quantitative estimate of drug-likeness (QED) is 0.905. The van der Waals surface area contributed by atoms with Crippen LogP contribution in [0.15, 0.2) is 6.07 Å². The molecule has 0 unspecified atom stereocenters.